The van der Waals surface area contributed by atoms with E-state index in [9.17, 15) is 10.2 Å². The third kappa shape index (κ3) is 11.4. The molecule has 2 nitrogen and oxygen atoms in total. The number of rotatable bonds is 12. The summed E-state index contributed by atoms with van der Waals surface area (Å²) >= 11 is 0. The highest BCUT2D eigenvalue weighted by atomic mass is 16.3. The minimum absolute atomic E-state index is 0.0970. The van der Waals surface area contributed by atoms with Gasteiger partial charge in [-0.1, -0.05) is 67.4 Å². The number of phenols is 2. The van der Waals surface area contributed by atoms with E-state index in [4.69, 9.17) is 0 Å². The first-order valence-corrected chi connectivity index (χ1v) is 9.74. The molecule has 1 aromatic carbocycles. The van der Waals surface area contributed by atoms with Crippen molar-refractivity contribution in [3.8, 4) is 11.5 Å². The van der Waals surface area contributed by atoms with Gasteiger partial charge in [-0.2, -0.15) is 0 Å². The monoisotopic (exact) mass is 354 g/mol. The number of benzene rings is 1. The molecule has 0 heterocycles. The van der Waals surface area contributed by atoms with E-state index in [0.29, 0.717) is 6.42 Å². The fourth-order valence-electron chi connectivity index (χ4n) is 2.70. The molecule has 0 saturated heterocycles. The van der Waals surface area contributed by atoms with Gasteiger partial charge in [0.15, 0.2) is 0 Å². The second kappa shape index (κ2) is 14.0. The Morgan fingerprint density at radius 1 is 0.808 bits per heavy atom. The third-order valence-electron chi connectivity index (χ3n) is 4.36. The van der Waals surface area contributed by atoms with E-state index in [2.05, 4.69) is 32.1 Å². The molecule has 2 heteroatoms. The summed E-state index contributed by atoms with van der Waals surface area (Å²) in [6, 6.07) is 4.66. The lowest BCUT2D eigenvalue weighted by Gasteiger charge is -2.01. The molecule has 0 radical (unpaired) electrons. The molecule has 0 aliphatic rings. The molecule has 0 saturated carbocycles. The summed E-state index contributed by atoms with van der Waals surface area (Å²) < 4.78 is 0. The molecule has 1 aromatic rings. The zero-order valence-electron chi connectivity index (χ0n) is 16.3. The van der Waals surface area contributed by atoms with Gasteiger partial charge in [0.2, 0.25) is 0 Å². The number of hydrogen-bond acceptors (Lipinski definition) is 2. The Kier molecular flexibility index (Phi) is 11.8. The molecular formula is C24H34O2. The molecule has 0 bridgehead atoms. The van der Waals surface area contributed by atoms with Crippen LogP contribution in [0.3, 0.4) is 0 Å². The maximum atomic E-state index is 9.42. The van der Waals surface area contributed by atoms with Crippen molar-refractivity contribution in [3.05, 3.63) is 71.9 Å². The van der Waals surface area contributed by atoms with Crippen molar-refractivity contribution in [2.24, 2.45) is 0 Å². The molecule has 0 unspecified atom stereocenters. The van der Waals surface area contributed by atoms with Crippen molar-refractivity contribution in [2.45, 2.75) is 65.2 Å². The van der Waals surface area contributed by atoms with Crippen molar-refractivity contribution in [2.75, 3.05) is 0 Å². The van der Waals surface area contributed by atoms with Crippen LogP contribution in [0.15, 0.2) is 66.3 Å². The molecule has 0 atom stereocenters. The Hall–Kier alpha value is -2.22. The number of unbranched alkanes of at least 4 members (excludes halogenated alkanes) is 5. The van der Waals surface area contributed by atoms with Crippen LogP contribution < -0.4 is 0 Å². The van der Waals surface area contributed by atoms with E-state index in [-0.39, 0.29) is 11.5 Å². The van der Waals surface area contributed by atoms with Crippen molar-refractivity contribution in [3.63, 3.8) is 0 Å². The van der Waals surface area contributed by atoms with Gasteiger partial charge in [0.25, 0.3) is 0 Å². The Balaban J connectivity index is 2.05. The van der Waals surface area contributed by atoms with Crippen LogP contribution in [0, 0.1) is 0 Å². The first-order valence-electron chi connectivity index (χ1n) is 9.74. The van der Waals surface area contributed by atoms with Gasteiger partial charge in [-0.15, -0.1) is 0 Å². The van der Waals surface area contributed by atoms with Crippen LogP contribution in [-0.4, -0.2) is 10.2 Å². The quantitative estimate of drug-likeness (QED) is 0.241. The fraction of sp³-hybridized carbons (Fsp3) is 0.417. The van der Waals surface area contributed by atoms with Crippen LogP contribution in [0.25, 0.3) is 0 Å². The summed E-state index contributed by atoms with van der Waals surface area (Å²) in [5, 5.41) is 18.8. The molecule has 0 aliphatic carbocycles. The summed E-state index contributed by atoms with van der Waals surface area (Å²) in [4.78, 5) is 0. The summed E-state index contributed by atoms with van der Waals surface area (Å²) in [5.41, 5.74) is 2.40. The molecule has 0 fully saturated rings. The number of phenolic OH excluding ortho intramolecular Hbond substituents is 2. The van der Waals surface area contributed by atoms with Crippen molar-refractivity contribution < 1.29 is 10.2 Å². The van der Waals surface area contributed by atoms with Gasteiger partial charge in [0.1, 0.15) is 11.5 Å². The van der Waals surface area contributed by atoms with E-state index >= 15 is 0 Å². The lowest BCUT2D eigenvalue weighted by atomic mass is 10.1. The first-order chi connectivity index (χ1) is 12.6. The predicted molar refractivity (Wildman–Crippen MR) is 113 cm³/mol. The predicted octanol–water partition coefficient (Wildman–Crippen LogP) is 7.01. The number of hydrogen-bond donors (Lipinski definition) is 2. The average Bonchev–Trinajstić information content (AvgIpc) is 2.60. The molecule has 0 spiro atoms. The largest absolute Gasteiger partial charge is 0.508 e. The van der Waals surface area contributed by atoms with Gasteiger partial charge in [-0.25, -0.2) is 0 Å². The lowest BCUT2D eigenvalue weighted by Crippen LogP contribution is -1.81. The summed E-state index contributed by atoms with van der Waals surface area (Å²) in [6.07, 6.45) is 24.2. The van der Waals surface area contributed by atoms with Gasteiger partial charge >= 0.3 is 0 Å². The summed E-state index contributed by atoms with van der Waals surface area (Å²) in [7, 11) is 0. The van der Waals surface area contributed by atoms with E-state index in [0.717, 1.165) is 12.0 Å². The first kappa shape index (κ1) is 21.8. The molecule has 142 valence electrons. The number of aromatic hydroxyl groups is 2. The smallest absolute Gasteiger partial charge is 0.119 e. The standard InChI is InChI=1S/C24H34O2/c1-3-21(2)16-14-12-10-8-6-4-5-7-9-11-13-15-17-22-18-23(25)20-24(26)19-22/h3,5,7,9,11,13,15,18-20,25-26H,4,6,8,10,12,14,16-17H2,1-2H3/b7-5-,11-9+,15-13-,21-3+. The Morgan fingerprint density at radius 2 is 1.42 bits per heavy atom. The highest BCUT2D eigenvalue weighted by Gasteiger charge is 1.96. The van der Waals surface area contributed by atoms with Crippen LogP contribution in [0.1, 0.15) is 64.4 Å². The van der Waals surface area contributed by atoms with Crippen molar-refractivity contribution in [1.29, 1.82) is 0 Å². The van der Waals surface area contributed by atoms with E-state index < -0.39 is 0 Å². The lowest BCUT2D eigenvalue weighted by molar-refractivity contribution is 0.449. The normalized spacial score (nSPS) is 12.8. The van der Waals surface area contributed by atoms with E-state index in [1.165, 1.54) is 50.2 Å². The number of allylic oxidation sites excluding steroid dienone is 8. The molecule has 0 amide bonds. The summed E-state index contributed by atoms with van der Waals surface area (Å²) in [6.45, 7) is 4.33. The third-order valence-corrected chi connectivity index (χ3v) is 4.36. The van der Waals surface area contributed by atoms with Crippen molar-refractivity contribution >= 4 is 0 Å². The molecule has 26 heavy (non-hydrogen) atoms. The van der Waals surface area contributed by atoms with Gasteiger partial charge < -0.3 is 10.2 Å². The van der Waals surface area contributed by atoms with Crippen LogP contribution in [0.5, 0.6) is 11.5 Å². The van der Waals surface area contributed by atoms with E-state index in [1.807, 2.05) is 24.3 Å². The van der Waals surface area contributed by atoms with Crippen molar-refractivity contribution in [1.82, 2.24) is 0 Å². The summed E-state index contributed by atoms with van der Waals surface area (Å²) in [5.74, 6) is 0.194. The van der Waals surface area contributed by atoms with Gasteiger partial charge in [0, 0.05) is 6.07 Å². The van der Waals surface area contributed by atoms with Crippen LogP contribution >= 0.6 is 0 Å². The molecule has 1 rings (SSSR count). The van der Waals surface area contributed by atoms with Crippen LogP contribution in [0.2, 0.25) is 0 Å². The zero-order valence-corrected chi connectivity index (χ0v) is 16.3. The Morgan fingerprint density at radius 3 is 2.12 bits per heavy atom. The minimum Gasteiger partial charge on any atom is -0.508 e. The highest BCUT2D eigenvalue weighted by molar-refractivity contribution is 5.37. The molecular weight excluding hydrogens is 320 g/mol. The maximum absolute atomic E-state index is 9.42. The SMILES string of the molecule is C/C=C(\C)CCCCCCC\C=C/C=C/C=C\Cc1cc(O)cc(O)c1. The van der Waals surface area contributed by atoms with E-state index in [1.54, 1.807) is 12.1 Å². The second-order valence-corrected chi connectivity index (χ2v) is 6.74. The van der Waals surface area contributed by atoms with Gasteiger partial charge in [0.05, 0.1) is 0 Å². The Labute approximate surface area is 159 Å². The molecule has 0 aromatic heterocycles. The van der Waals surface area contributed by atoms with Gasteiger partial charge in [-0.3, -0.25) is 0 Å². The maximum Gasteiger partial charge on any atom is 0.119 e. The van der Waals surface area contributed by atoms with Crippen LogP contribution in [0.4, 0.5) is 0 Å². The zero-order chi connectivity index (χ0) is 19.0. The van der Waals surface area contributed by atoms with Gasteiger partial charge in [-0.05, 0) is 63.6 Å². The Bertz CT molecular complexity index is 601. The highest BCUT2D eigenvalue weighted by Crippen LogP contribution is 2.20. The minimum atomic E-state index is 0.0970. The topological polar surface area (TPSA) is 40.5 Å². The molecule has 0 aliphatic heterocycles. The second-order valence-electron chi connectivity index (χ2n) is 6.74. The fourth-order valence-corrected chi connectivity index (χ4v) is 2.70. The average molecular weight is 355 g/mol. The molecule has 2 N–H and O–H groups in total. The van der Waals surface area contributed by atoms with Crippen LogP contribution in [-0.2, 0) is 6.42 Å².